The molecule has 29 heteroatoms. The molecule has 8 rings (SSSR count). The van der Waals surface area contributed by atoms with Crippen molar-refractivity contribution in [1.29, 1.82) is 0 Å². The predicted octanol–water partition coefficient (Wildman–Crippen LogP) is 5.95. The van der Waals surface area contributed by atoms with Gasteiger partial charge in [0, 0.05) is 104 Å². The van der Waals surface area contributed by atoms with Gasteiger partial charge in [0.15, 0.2) is 22.1 Å². The van der Waals surface area contributed by atoms with Gasteiger partial charge in [-0.25, -0.2) is 41.7 Å². The van der Waals surface area contributed by atoms with Crippen molar-refractivity contribution in [3.8, 4) is 11.5 Å². The third-order valence-electron chi connectivity index (χ3n) is 13.9. The molecule has 77 heavy (non-hydrogen) atoms. The molecule has 436 valence electrons. The van der Waals surface area contributed by atoms with Gasteiger partial charge in [0.05, 0.1) is 25.4 Å². The number of rotatable bonds is 17. The van der Waals surface area contributed by atoms with Gasteiger partial charge in [-0.05, 0) is 86.8 Å². The number of hydroxylamine groups is 1. The van der Waals surface area contributed by atoms with Gasteiger partial charge in [0.1, 0.15) is 11.5 Å². The number of piperidine rings is 2. The van der Waals surface area contributed by atoms with Crippen molar-refractivity contribution < 1.29 is 105 Å². The molecule has 0 aromatic heterocycles. The van der Waals surface area contributed by atoms with Crippen LogP contribution in [0.2, 0.25) is 0 Å². The first-order chi connectivity index (χ1) is 36.6. The zero-order valence-electron chi connectivity index (χ0n) is 42.3. The topological polar surface area (TPSA) is 259 Å². The molecule has 2 unspecified atom stereocenters. The molecule has 0 spiro atoms. The van der Waals surface area contributed by atoms with E-state index in [0.29, 0.717) is 49.8 Å². The fraction of sp³-hybridized carbons (Fsp3) is 0.708. The molecule has 6 saturated heterocycles. The summed E-state index contributed by atoms with van der Waals surface area (Å²) in [6, 6.07) is 10.7. The van der Waals surface area contributed by atoms with Crippen molar-refractivity contribution in [2.45, 2.75) is 150 Å². The molecule has 2 aromatic rings. The summed E-state index contributed by atoms with van der Waals surface area (Å²) in [5, 5.41) is 9.64. The lowest BCUT2D eigenvalue weighted by Crippen LogP contribution is -2.61. The maximum absolute atomic E-state index is 13.8. The van der Waals surface area contributed by atoms with E-state index < -0.39 is 60.4 Å². The fourth-order valence-corrected chi connectivity index (χ4v) is 13.6. The number of aliphatic carboxylic acids is 1. The van der Waals surface area contributed by atoms with Crippen molar-refractivity contribution in [3.63, 3.8) is 0 Å². The van der Waals surface area contributed by atoms with Crippen molar-refractivity contribution >= 4 is 31.9 Å². The molecule has 6 aliphatic rings. The van der Waals surface area contributed by atoms with E-state index in [9.17, 15) is 57.9 Å². The van der Waals surface area contributed by atoms with E-state index in [1.165, 1.54) is 63.6 Å². The Kier molecular flexibility index (Phi) is 23.0. The van der Waals surface area contributed by atoms with E-state index in [1.54, 1.807) is 0 Å². The zero-order chi connectivity index (χ0) is 55.7. The number of ether oxygens (including phenoxy) is 8. The number of hydrogen-bond acceptors (Lipinski definition) is 17. The number of amides is 1. The van der Waals surface area contributed by atoms with Crippen LogP contribution < -0.4 is 20.9 Å². The molecule has 6 heterocycles. The summed E-state index contributed by atoms with van der Waals surface area (Å²) in [6.45, 7) is 2.69. The van der Waals surface area contributed by atoms with Crippen LogP contribution in [0.3, 0.4) is 0 Å². The summed E-state index contributed by atoms with van der Waals surface area (Å²) in [6.07, 6.45) is -3.61. The summed E-state index contributed by atoms with van der Waals surface area (Å²) in [5.74, 6) is 2.17. The summed E-state index contributed by atoms with van der Waals surface area (Å²) in [4.78, 5) is 34.9. The minimum absolute atomic E-state index is 0.0144. The lowest BCUT2D eigenvalue weighted by atomic mass is 9.98. The highest BCUT2D eigenvalue weighted by molar-refractivity contribution is 7.91. The standard InChI is InChI=1S/C24H33F3N2O8S.C19H24F3NO7S.C5H11NO2/c25-24(26,27)36-20-6-4-18(5-7-20)17-35-19-8-12-29(13-9-19)38(31,32)23(10-15-33-16-11-23)22(30)28-37-21-3-1-2-14-34-21;20-19(21,22)30-16-3-1-14(2-4-16)13-29-15-5-9-23(10-6-15)31(26,27)18(17(24)25)7-11-28-12-8-18;6-8-5-3-1-2-4-7-5/h4-7,19,21H,1-3,8-17H2,(H,28,30);1-4,15H,5-13H2,(H,24,25);5H,1-4,6H2. The SMILES string of the molecule is NOC1CCCCO1.O=C(NOC1CCCCO1)C1(S(=O)(=O)N2CCC(OCc3ccc(OC(F)(F)F)cc3)CC2)CCOCC1.O=C(O)C1(S(=O)(=O)N2CCC(OCc3ccc(OC(F)(F)F)cc3)CC2)CCOCC1. The van der Waals surface area contributed by atoms with Crippen LogP contribution in [0.5, 0.6) is 11.5 Å². The summed E-state index contributed by atoms with van der Waals surface area (Å²) in [5.41, 5.74) is 3.66. The van der Waals surface area contributed by atoms with Gasteiger partial charge in [-0.15, -0.1) is 26.3 Å². The van der Waals surface area contributed by atoms with Crippen molar-refractivity contribution in [1.82, 2.24) is 14.1 Å². The van der Waals surface area contributed by atoms with E-state index in [1.807, 2.05) is 0 Å². The number of carboxylic acid groups (broad SMARTS) is 1. The molecule has 1 amide bonds. The third-order valence-corrected chi connectivity index (χ3v) is 19.1. The first-order valence-corrected chi connectivity index (χ1v) is 28.3. The van der Waals surface area contributed by atoms with E-state index >= 15 is 0 Å². The lowest BCUT2D eigenvalue weighted by molar-refractivity contribution is -0.275. The number of sulfonamides is 2. The Morgan fingerprint density at radius 2 is 0.987 bits per heavy atom. The number of carbonyl (C=O) groups excluding carboxylic acids is 1. The molecule has 0 saturated carbocycles. The molecule has 0 aliphatic carbocycles. The van der Waals surface area contributed by atoms with Crippen LogP contribution in [-0.2, 0) is 80.9 Å². The molecule has 4 N–H and O–H groups in total. The quantitative estimate of drug-likeness (QED) is 0.122. The molecule has 0 bridgehead atoms. The van der Waals surface area contributed by atoms with Crippen LogP contribution in [0.15, 0.2) is 48.5 Å². The first-order valence-electron chi connectivity index (χ1n) is 25.4. The second kappa shape index (κ2) is 28.4. The normalized spacial score (nSPS) is 23.3. The number of benzene rings is 2. The molecule has 2 aromatic carbocycles. The molecular weight excluding hydrogens is 1080 g/mol. The van der Waals surface area contributed by atoms with Gasteiger partial charge >= 0.3 is 18.7 Å². The number of halogens is 6. The van der Waals surface area contributed by atoms with Crippen LogP contribution >= 0.6 is 0 Å². The minimum Gasteiger partial charge on any atom is -0.480 e. The van der Waals surface area contributed by atoms with E-state index in [4.69, 9.17) is 39.2 Å². The maximum atomic E-state index is 13.8. The Balaban J connectivity index is 0.000000221. The van der Waals surface area contributed by atoms with Crippen molar-refractivity contribution in [3.05, 3.63) is 59.7 Å². The highest BCUT2D eigenvalue weighted by Gasteiger charge is 2.56. The Morgan fingerprint density at radius 3 is 1.34 bits per heavy atom. The smallest absolute Gasteiger partial charge is 0.480 e. The second-order valence-corrected chi connectivity index (χ2v) is 23.5. The molecule has 0 radical (unpaired) electrons. The number of nitrogens with zero attached hydrogens (tertiary/aromatic N) is 2. The number of hydrogen-bond donors (Lipinski definition) is 3. The van der Waals surface area contributed by atoms with Gasteiger partial charge < -0.3 is 43.0 Å². The van der Waals surface area contributed by atoms with Crippen molar-refractivity contribution in [2.75, 3.05) is 65.8 Å². The Hall–Kier alpha value is -3.98. The fourth-order valence-electron chi connectivity index (χ4n) is 9.40. The van der Waals surface area contributed by atoms with Crippen LogP contribution in [0.4, 0.5) is 26.3 Å². The highest BCUT2D eigenvalue weighted by atomic mass is 32.2. The van der Waals surface area contributed by atoms with Gasteiger partial charge in [-0.2, -0.15) is 0 Å². The predicted molar refractivity (Wildman–Crippen MR) is 258 cm³/mol. The van der Waals surface area contributed by atoms with Crippen LogP contribution in [-0.4, -0.2) is 155 Å². The largest absolute Gasteiger partial charge is 0.573 e. The minimum atomic E-state index is -4.76. The molecule has 6 aliphatic heterocycles. The average molecular weight is 1150 g/mol. The van der Waals surface area contributed by atoms with E-state index in [0.717, 1.165) is 32.3 Å². The highest BCUT2D eigenvalue weighted by Crippen LogP contribution is 2.37. The molecule has 2 atom stereocenters. The first kappa shape index (κ1) is 62.2. The van der Waals surface area contributed by atoms with Crippen LogP contribution in [0, 0.1) is 0 Å². The Morgan fingerprint density at radius 1 is 0.597 bits per heavy atom. The summed E-state index contributed by atoms with van der Waals surface area (Å²) < 4.78 is 167. The average Bonchev–Trinajstić information content (AvgIpc) is 3.44. The van der Waals surface area contributed by atoms with E-state index in [-0.39, 0.29) is 122 Å². The van der Waals surface area contributed by atoms with Crippen LogP contribution in [0.25, 0.3) is 0 Å². The van der Waals surface area contributed by atoms with Gasteiger partial charge in [0.2, 0.25) is 20.0 Å². The number of nitrogens with two attached hydrogens (primary N) is 1. The molecular formula is C48H68F6N4O17S2. The third kappa shape index (κ3) is 17.8. The van der Waals surface area contributed by atoms with Gasteiger partial charge in [-0.1, -0.05) is 24.3 Å². The second-order valence-electron chi connectivity index (χ2n) is 19.0. The maximum Gasteiger partial charge on any atom is 0.573 e. The van der Waals surface area contributed by atoms with Crippen molar-refractivity contribution in [2.24, 2.45) is 5.90 Å². The molecule has 6 fully saturated rings. The number of alkyl halides is 6. The number of nitrogens with one attached hydrogen (secondary N) is 1. The summed E-state index contributed by atoms with van der Waals surface area (Å²) in [7, 11) is -8.11. The van der Waals surface area contributed by atoms with Crippen LogP contribution in [0.1, 0.15) is 101 Å². The van der Waals surface area contributed by atoms with E-state index in [2.05, 4.69) is 19.8 Å². The Labute approximate surface area is 443 Å². The zero-order valence-corrected chi connectivity index (χ0v) is 44.0. The molecule has 21 nitrogen and oxygen atoms in total. The lowest BCUT2D eigenvalue weighted by Gasteiger charge is -2.41. The Bertz CT molecular complexity index is 2350. The summed E-state index contributed by atoms with van der Waals surface area (Å²) >= 11 is 0. The monoisotopic (exact) mass is 1150 g/mol. The van der Waals surface area contributed by atoms with Gasteiger partial charge in [0.25, 0.3) is 5.91 Å². The number of carbonyl (C=O) groups is 2. The number of carboxylic acids is 1. The van der Waals surface area contributed by atoms with Gasteiger partial charge in [-0.3, -0.25) is 14.4 Å².